The predicted octanol–water partition coefficient (Wildman–Crippen LogP) is 2.08. The normalized spacial score (nSPS) is 10.2. The number of hydrogen-bond donors (Lipinski definition) is 2. The van der Waals surface area contributed by atoms with E-state index in [9.17, 15) is 4.79 Å². The number of benzene rings is 1. The summed E-state index contributed by atoms with van der Waals surface area (Å²) in [6, 6.07) is 8.60. The number of nitrogens with two attached hydrogens (primary N) is 2. The molecule has 17 heavy (non-hydrogen) atoms. The van der Waals surface area contributed by atoms with E-state index in [-0.39, 0.29) is 5.56 Å². The van der Waals surface area contributed by atoms with E-state index in [1.165, 1.54) is 12.3 Å². The van der Waals surface area contributed by atoms with Crippen LogP contribution in [0.3, 0.4) is 0 Å². The van der Waals surface area contributed by atoms with Crippen molar-refractivity contribution in [2.75, 3.05) is 5.73 Å². The quantitative estimate of drug-likeness (QED) is 0.852. The Hall–Kier alpha value is -2.07. The first-order valence-electron chi connectivity index (χ1n) is 4.90. The van der Waals surface area contributed by atoms with Gasteiger partial charge in [0.05, 0.1) is 11.3 Å². The van der Waals surface area contributed by atoms with Crippen molar-refractivity contribution in [3.63, 3.8) is 0 Å². The lowest BCUT2D eigenvalue weighted by atomic mass is 10.0. The molecule has 1 amide bonds. The van der Waals surface area contributed by atoms with E-state index in [2.05, 4.69) is 4.98 Å². The number of halogens is 1. The van der Waals surface area contributed by atoms with E-state index in [0.717, 1.165) is 0 Å². The van der Waals surface area contributed by atoms with Crippen LogP contribution in [0, 0.1) is 0 Å². The summed E-state index contributed by atoms with van der Waals surface area (Å²) in [6.45, 7) is 0. The van der Waals surface area contributed by atoms with E-state index in [1.54, 1.807) is 24.3 Å². The van der Waals surface area contributed by atoms with Crippen LogP contribution in [-0.4, -0.2) is 10.9 Å². The summed E-state index contributed by atoms with van der Waals surface area (Å²) in [5.74, 6) is -0.620. The molecule has 0 fully saturated rings. The van der Waals surface area contributed by atoms with Gasteiger partial charge in [0.2, 0.25) is 0 Å². The number of anilines is 1. The molecule has 4 nitrogen and oxygen atoms in total. The van der Waals surface area contributed by atoms with Crippen molar-refractivity contribution in [1.29, 1.82) is 0 Å². The largest absolute Gasteiger partial charge is 0.398 e. The highest BCUT2D eigenvalue weighted by atomic mass is 35.5. The van der Waals surface area contributed by atoms with Gasteiger partial charge < -0.3 is 11.5 Å². The third-order valence-corrected chi connectivity index (χ3v) is 2.69. The molecular formula is C12H10ClN3O. The zero-order valence-electron chi connectivity index (χ0n) is 8.85. The second kappa shape index (κ2) is 4.43. The fourth-order valence-electron chi connectivity index (χ4n) is 1.59. The summed E-state index contributed by atoms with van der Waals surface area (Å²) in [6.07, 6.45) is 1.51. The third-order valence-electron chi connectivity index (χ3n) is 2.36. The maximum Gasteiger partial charge on any atom is 0.253 e. The first-order chi connectivity index (χ1) is 8.11. The van der Waals surface area contributed by atoms with Crippen molar-refractivity contribution in [3.05, 3.63) is 47.1 Å². The molecule has 0 bridgehead atoms. The Labute approximate surface area is 103 Å². The Balaban J connectivity index is 2.72. The van der Waals surface area contributed by atoms with Gasteiger partial charge in [0, 0.05) is 22.5 Å². The molecule has 0 saturated carbocycles. The van der Waals surface area contributed by atoms with E-state index < -0.39 is 5.91 Å². The average Bonchev–Trinajstić information content (AvgIpc) is 2.28. The molecule has 2 rings (SSSR count). The fourth-order valence-corrected chi connectivity index (χ4v) is 1.82. The molecule has 0 aliphatic heterocycles. The molecule has 1 aromatic carbocycles. The first-order valence-corrected chi connectivity index (χ1v) is 5.28. The number of carbonyl (C=O) groups is 1. The van der Waals surface area contributed by atoms with Gasteiger partial charge in [-0.3, -0.25) is 9.78 Å². The van der Waals surface area contributed by atoms with E-state index in [1.807, 2.05) is 0 Å². The summed E-state index contributed by atoms with van der Waals surface area (Å²) in [5.41, 5.74) is 12.6. The van der Waals surface area contributed by atoms with Crippen LogP contribution in [-0.2, 0) is 0 Å². The van der Waals surface area contributed by atoms with Gasteiger partial charge in [-0.05, 0) is 12.1 Å². The molecule has 1 aromatic heterocycles. The number of hydrogen-bond acceptors (Lipinski definition) is 3. The molecule has 4 N–H and O–H groups in total. The van der Waals surface area contributed by atoms with Crippen molar-refractivity contribution in [2.24, 2.45) is 5.73 Å². The fraction of sp³-hybridized carbons (Fsp3) is 0. The van der Waals surface area contributed by atoms with Crippen molar-refractivity contribution in [3.8, 4) is 11.3 Å². The molecule has 2 aromatic rings. The molecule has 86 valence electrons. The molecule has 5 heteroatoms. The molecule has 0 aliphatic rings. The summed E-state index contributed by atoms with van der Waals surface area (Å²) < 4.78 is 0. The van der Waals surface area contributed by atoms with Crippen LogP contribution in [0.5, 0.6) is 0 Å². The molecule has 0 saturated heterocycles. The Kier molecular flexibility index (Phi) is 2.97. The molecule has 0 radical (unpaired) electrons. The van der Waals surface area contributed by atoms with Crippen molar-refractivity contribution >= 4 is 23.2 Å². The van der Waals surface area contributed by atoms with Crippen LogP contribution >= 0.6 is 11.6 Å². The van der Waals surface area contributed by atoms with Crippen LogP contribution in [0.1, 0.15) is 10.4 Å². The Morgan fingerprint density at radius 1 is 1.24 bits per heavy atom. The van der Waals surface area contributed by atoms with Gasteiger partial charge >= 0.3 is 0 Å². The second-order valence-corrected chi connectivity index (χ2v) is 3.88. The highest BCUT2D eigenvalue weighted by molar-refractivity contribution is 6.33. The number of nitrogen functional groups attached to an aromatic ring is 1. The second-order valence-electron chi connectivity index (χ2n) is 3.47. The number of rotatable bonds is 2. The van der Waals surface area contributed by atoms with Gasteiger partial charge in [0.15, 0.2) is 0 Å². The number of primary amides is 1. The van der Waals surface area contributed by atoms with Crippen LogP contribution < -0.4 is 11.5 Å². The summed E-state index contributed by atoms with van der Waals surface area (Å²) >= 11 is 6.05. The molecule has 0 aliphatic carbocycles. The standard InChI is InChI=1S/C12H10ClN3O/c13-8-4-2-1-3-7(8)11-10(12(15)17)9(14)5-6-16-11/h1-6H,(H2,14,16)(H2,15,17). The lowest BCUT2D eigenvalue weighted by molar-refractivity contribution is 0.100. The SMILES string of the molecule is NC(=O)c1c(N)ccnc1-c1ccccc1Cl. The van der Waals surface area contributed by atoms with Gasteiger partial charge in [-0.2, -0.15) is 0 Å². The Bertz CT molecular complexity index is 584. The smallest absolute Gasteiger partial charge is 0.253 e. The lowest BCUT2D eigenvalue weighted by Gasteiger charge is -2.09. The minimum absolute atomic E-state index is 0.195. The summed E-state index contributed by atoms with van der Waals surface area (Å²) in [4.78, 5) is 15.5. The minimum atomic E-state index is -0.620. The summed E-state index contributed by atoms with van der Waals surface area (Å²) in [5, 5.41) is 0.494. The van der Waals surface area contributed by atoms with Crippen molar-refractivity contribution in [1.82, 2.24) is 4.98 Å². The Morgan fingerprint density at radius 2 is 1.94 bits per heavy atom. The third kappa shape index (κ3) is 2.07. The number of amides is 1. The van der Waals surface area contributed by atoms with Gasteiger partial charge in [0.1, 0.15) is 0 Å². The maximum absolute atomic E-state index is 11.4. The monoisotopic (exact) mass is 247 g/mol. The zero-order chi connectivity index (χ0) is 12.4. The zero-order valence-corrected chi connectivity index (χ0v) is 9.61. The number of aromatic nitrogens is 1. The van der Waals surface area contributed by atoms with E-state index >= 15 is 0 Å². The highest BCUT2D eigenvalue weighted by Crippen LogP contribution is 2.30. The molecule has 0 spiro atoms. The molecule has 1 heterocycles. The van der Waals surface area contributed by atoms with Gasteiger partial charge in [-0.15, -0.1) is 0 Å². The van der Waals surface area contributed by atoms with Gasteiger partial charge in [-0.1, -0.05) is 29.8 Å². The van der Waals surface area contributed by atoms with Crippen LogP contribution in [0.4, 0.5) is 5.69 Å². The summed E-state index contributed by atoms with van der Waals surface area (Å²) in [7, 11) is 0. The number of carbonyl (C=O) groups excluding carboxylic acids is 1. The van der Waals surface area contributed by atoms with E-state index in [0.29, 0.717) is 22.0 Å². The van der Waals surface area contributed by atoms with Gasteiger partial charge in [-0.25, -0.2) is 0 Å². The lowest BCUT2D eigenvalue weighted by Crippen LogP contribution is -2.15. The van der Waals surface area contributed by atoms with Crippen LogP contribution in [0.25, 0.3) is 11.3 Å². The number of pyridine rings is 1. The van der Waals surface area contributed by atoms with Crippen molar-refractivity contribution < 1.29 is 4.79 Å². The van der Waals surface area contributed by atoms with E-state index in [4.69, 9.17) is 23.1 Å². The topological polar surface area (TPSA) is 82.0 Å². The maximum atomic E-state index is 11.4. The minimum Gasteiger partial charge on any atom is -0.398 e. The van der Waals surface area contributed by atoms with Gasteiger partial charge in [0.25, 0.3) is 5.91 Å². The van der Waals surface area contributed by atoms with Crippen LogP contribution in [0.2, 0.25) is 5.02 Å². The molecule has 0 atom stereocenters. The predicted molar refractivity (Wildman–Crippen MR) is 67.6 cm³/mol. The molecule has 0 unspecified atom stereocenters. The average molecular weight is 248 g/mol. The molecular weight excluding hydrogens is 238 g/mol. The van der Waals surface area contributed by atoms with Crippen LogP contribution in [0.15, 0.2) is 36.5 Å². The Morgan fingerprint density at radius 3 is 2.59 bits per heavy atom. The highest BCUT2D eigenvalue weighted by Gasteiger charge is 2.16. The number of nitrogens with zero attached hydrogens (tertiary/aromatic N) is 1. The first kappa shape index (κ1) is 11.4. The van der Waals surface area contributed by atoms with Crippen molar-refractivity contribution in [2.45, 2.75) is 0 Å².